The minimum Gasteiger partial charge on any atom is -0.360 e. The predicted molar refractivity (Wildman–Crippen MR) is 121 cm³/mol. The second kappa shape index (κ2) is 7.78. The zero-order chi connectivity index (χ0) is 19.8. The Morgan fingerprint density at radius 2 is 1.72 bits per heavy atom. The minimum atomic E-state index is 0.508. The molecule has 1 aromatic heterocycles. The molecular weight excluding hydrogens is 380 g/mol. The molecule has 1 saturated carbocycles. The Bertz CT molecular complexity index is 887. The standard InChI is InChI=1S/C22H28N6S/c1-15-5-4-10-27(12-15)19-11-20(28-13-16-6-2-3-7-17(16)14-28)25-21(24-19)26-22(29)23-18-8-9-18/h2-3,6-7,11,15,18H,4-5,8-10,12-14H2,1H3,(H2,23,24,25,26,29)/t15-/m0/s1. The summed E-state index contributed by atoms with van der Waals surface area (Å²) in [7, 11) is 0. The third kappa shape index (κ3) is 4.29. The van der Waals surface area contributed by atoms with E-state index in [0.717, 1.165) is 37.8 Å². The van der Waals surface area contributed by atoms with Gasteiger partial charge in [-0.25, -0.2) is 0 Å². The SMILES string of the molecule is C[C@H]1CCCN(c2cc(N3Cc4ccccc4C3)nc(NC(=S)NC3CC3)n2)C1. The molecule has 7 heteroatoms. The molecule has 29 heavy (non-hydrogen) atoms. The van der Waals surface area contributed by atoms with Crippen LogP contribution in [0.1, 0.15) is 43.7 Å². The van der Waals surface area contributed by atoms with Crippen molar-refractivity contribution in [1.82, 2.24) is 15.3 Å². The van der Waals surface area contributed by atoms with E-state index < -0.39 is 0 Å². The topological polar surface area (TPSA) is 56.3 Å². The van der Waals surface area contributed by atoms with Gasteiger partial charge in [0.05, 0.1) is 0 Å². The van der Waals surface area contributed by atoms with Gasteiger partial charge in [-0.3, -0.25) is 0 Å². The summed E-state index contributed by atoms with van der Waals surface area (Å²) in [4.78, 5) is 14.4. The second-order valence-corrected chi connectivity index (χ2v) is 9.01. The monoisotopic (exact) mass is 408 g/mol. The Kier molecular flexibility index (Phi) is 4.99. The fraction of sp³-hybridized carbons (Fsp3) is 0.500. The molecule has 2 N–H and O–H groups in total. The molecule has 1 aliphatic carbocycles. The molecule has 1 saturated heterocycles. The molecule has 1 atom stereocenters. The average molecular weight is 409 g/mol. The lowest BCUT2D eigenvalue weighted by Crippen LogP contribution is -2.36. The normalized spacial score (nSPS) is 21.1. The van der Waals surface area contributed by atoms with E-state index in [0.29, 0.717) is 23.0 Å². The Hall–Kier alpha value is -2.41. The van der Waals surface area contributed by atoms with Gasteiger partial charge in [0.1, 0.15) is 11.6 Å². The van der Waals surface area contributed by atoms with Crippen molar-refractivity contribution in [2.75, 3.05) is 28.2 Å². The van der Waals surface area contributed by atoms with Gasteiger partial charge in [-0.15, -0.1) is 0 Å². The summed E-state index contributed by atoms with van der Waals surface area (Å²) in [6, 6.07) is 11.3. The number of rotatable bonds is 4. The number of fused-ring (bicyclic) bond motifs is 1. The van der Waals surface area contributed by atoms with Crippen LogP contribution < -0.4 is 20.4 Å². The molecule has 3 heterocycles. The van der Waals surface area contributed by atoms with Crippen LogP contribution in [-0.2, 0) is 13.1 Å². The number of hydrogen-bond acceptors (Lipinski definition) is 5. The zero-order valence-corrected chi connectivity index (χ0v) is 17.7. The lowest BCUT2D eigenvalue weighted by molar-refractivity contribution is 0.444. The van der Waals surface area contributed by atoms with Gasteiger partial charge in [-0.1, -0.05) is 31.2 Å². The van der Waals surface area contributed by atoms with Gasteiger partial charge in [-0.2, -0.15) is 9.97 Å². The summed E-state index contributed by atoms with van der Waals surface area (Å²) in [6.45, 7) is 6.17. The van der Waals surface area contributed by atoms with E-state index in [1.54, 1.807) is 0 Å². The summed E-state index contributed by atoms with van der Waals surface area (Å²) in [5.74, 6) is 3.23. The van der Waals surface area contributed by atoms with Crippen molar-refractivity contribution in [2.24, 2.45) is 5.92 Å². The third-order valence-electron chi connectivity index (χ3n) is 5.98. The minimum absolute atomic E-state index is 0.508. The number of benzene rings is 1. The summed E-state index contributed by atoms with van der Waals surface area (Å²) in [6.07, 6.45) is 4.87. The van der Waals surface area contributed by atoms with Crippen molar-refractivity contribution in [3.63, 3.8) is 0 Å². The molecule has 5 rings (SSSR count). The number of piperidine rings is 1. The molecule has 2 aromatic rings. The summed E-state index contributed by atoms with van der Waals surface area (Å²) >= 11 is 5.48. The quantitative estimate of drug-likeness (QED) is 0.749. The van der Waals surface area contributed by atoms with Crippen molar-refractivity contribution in [1.29, 1.82) is 0 Å². The van der Waals surface area contributed by atoms with Crippen molar-refractivity contribution in [2.45, 2.75) is 51.7 Å². The molecule has 2 aliphatic heterocycles. The molecular formula is C22H28N6S. The zero-order valence-electron chi connectivity index (χ0n) is 16.9. The van der Waals surface area contributed by atoms with Gasteiger partial charge in [0.2, 0.25) is 5.95 Å². The highest BCUT2D eigenvalue weighted by Gasteiger charge is 2.25. The molecule has 0 bridgehead atoms. The maximum atomic E-state index is 5.48. The van der Waals surface area contributed by atoms with Crippen molar-refractivity contribution < 1.29 is 0 Å². The maximum Gasteiger partial charge on any atom is 0.232 e. The molecule has 0 radical (unpaired) electrons. The van der Waals surface area contributed by atoms with Gasteiger partial charge >= 0.3 is 0 Å². The van der Waals surface area contributed by atoms with E-state index in [2.05, 4.69) is 57.7 Å². The molecule has 6 nitrogen and oxygen atoms in total. The van der Waals surface area contributed by atoms with Crippen LogP contribution >= 0.6 is 12.2 Å². The maximum absolute atomic E-state index is 5.48. The highest BCUT2D eigenvalue weighted by Crippen LogP contribution is 2.31. The van der Waals surface area contributed by atoms with Crippen LogP contribution in [0.15, 0.2) is 30.3 Å². The molecule has 3 aliphatic rings. The van der Waals surface area contributed by atoms with Crippen LogP contribution in [0.2, 0.25) is 0 Å². The number of nitrogens with zero attached hydrogens (tertiary/aromatic N) is 4. The lowest BCUT2D eigenvalue weighted by Gasteiger charge is -2.32. The van der Waals surface area contributed by atoms with Gasteiger partial charge in [-0.05, 0) is 54.9 Å². The fourth-order valence-corrected chi connectivity index (χ4v) is 4.50. The van der Waals surface area contributed by atoms with E-state index in [4.69, 9.17) is 22.2 Å². The fourth-order valence-electron chi connectivity index (χ4n) is 4.25. The summed E-state index contributed by atoms with van der Waals surface area (Å²) in [5, 5.41) is 7.18. The Morgan fingerprint density at radius 3 is 2.38 bits per heavy atom. The third-order valence-corrected chi connectivity index (χ3v) is 6.20. The van der Waals surface area contributed by atoms with E-state index >= 15 is 0 Å². The Morgan fingerprint density at radius 1 is 1.03 bits per heavy atom. The van der Waals surface area contributed by atoms with E-state index in [-0.39, 0.29) is 0 Å². The summed E-state index contributed by atoms with van der Waals surface area (Å²) in [5.41, 5.74) is 2.75. The molecule has 152 valence electrons. The van der Waals surface area contributed by atoms with Gasteiger partial charge < -0.3 is 20.4 Å². The molecule has 0 unspecified atom stereocenters. The summed E-state index contributed by atoms with van der Waals surface area (Å²) < 4.78 is 0. The van der Waals surface area contributed by atoms with Crippen LogP contribution in [0.25, 0.3) is 0 Å². The van der Waals surface area contributed by atoms with E-state index in [9.17, 15) is 0 Å². The first-order valence-corrected chi connectivity index (χ1v) is 11.1. The van der Waals surface area contributed by atoms with Crippen molar-refractivity contribution >= 4 is 34.9 Å². The van der Waals surface area contributed by atoms with Crippen LogP contribution in [0.4, 0.5) is 17.6 Å². The Balaban J connectivity index is 1.42. The van der Waals surface area contributed by atoms with Crippen LogP contribution in [0.5, 0.6) is 0 Å². The lowest BCUT2D eigenvalue weighted by atomic mass is 10.0. The number of anilines is 3. The molecule has 0 spiro atoms. The smallest absolute Gasteiger partial charge is 0.232 e. The second-order valence-electron chi connectivity index (χ2n) is 8.60. The first-order chi connectivity index (χ1) is 14.1. The average Bonchev–Trinajstić information content (AvgIpc) is 3.41. The Labute approximate surface area is 177 Å². The predicted octanol–water partition coefficient (Wildman–Crippen LogP) is 3.68. The van der Waals surface area contributed by atoms with E-state index in [1.165, 1.54) is 36.8 Å². The van der Waals surface area contributed by atoms with Crippen LogP contribution in [0, 0.1) is 5.92 Å². The van der Waals surface area contributed by atoms with E-state index in [1.807, 2.05) is 0 Å². The molecule has 2 fully saturated rings. The first kappa shape index (κ1) is 18.6. The highest BCUT2D eigenvalue weighted by molar-refractivity contribution is 7.80. The van der Waals surface area contributed by atoms with Crippen molar-refractivity contribution in [3.05, 3.63) is 41.5 Å². The number of aromatic nitrogens is 2. The first-order valence-electron chi connectivity index (χ1n) is 10.7. The number of hydrogen-bond donors (Lipinski definition) is 2. The van der Waals surface area contributed by atoms with Gasteiger partial charge in [0.25, 0.3) is 0 Å². The number of thiocarbonyl (C=S) groups is 1. The van der Waals surface area contributed by atoms with Gasteiger partial charge in [0, 0.05) is 38.3 Å². The van der Waals surface area contributed by atoms with Crippen LogP contribution in [-0.4, -0.2) is 34.2 Å². The molecule has 0 amide bonds. The van der Waals surface area contributed by atoms with Crippen LogP contribution in [0.3, 0.4) is 0 Å². The van der Waals surface area contributed by atoms with Gasteiger partial charge in [0.15, 0.2) is 5.11 Å². The largest absolute Gasteiger partial charge is 0.360 e. The highest BCUT2D eigenvalue weighted by atomic mass is 32.1. The number of nitrogens with one attached hydrogen (secondary N) is 2. The molecule has 1 aromatic carbocycles. The van der Waals surface area contributed by atoms with Crippen molar-refractivity contribution in [3.8, 4) is 0 Å².